The fourth-order valence-electron chi connectivity index (χ4n) is 5.30. The highest BCUT2D eigenvalue weighted by Gasteiger charge is 2.38. The molecule has 0 aromatic heterocycles. The monoisotopic (exact) mass is 560 g/mol. The molecule has 1 heterocycles. The first-order chi connectivity index (χ1) is 19.2. The second-order valence-corrected chi connectivity index (χ2v) is 10.5. The Morgan fingerprint density at radius 2 is 1.70 bits per heavy atom. The van der Waals surface area contributed by atoms with Crippen molar-refractivity contribution in [2.24, 2.45) is 11.7 Å². The number of anilines is 1. The van der Waals surface area contributed by atoms with Crippen LogP contribution in [0.2, 0.25) is 0 Å². The molecule has 220 valence electrons. The van der Waals surface area contributed by atoms with Gasteiger partial charge in [-0.05, 0) is 62.6 Å². The Labute approximate surface area is 233 Å². The largest absolute Gasteiger partial charge is 0.480 e. The number of unbranched alkanes of at least 4 members (excludes halogenated alkanes) is 1. The van der Waals surface area contributed by atoms with Crippen molar-refractivity contribution in [1.82, 2.24) is 10.6 Å². The van der Waals surface area contributed by atoms with Crippen molar-refractivity contribution in [2.75, 3.05) is 18.1 Å². The fraction of sp³-hybridized carbons (Fsp3) is 0.607. The summed E-state index contributed by atoms with van der Waals surface area (Å²) in [5, 5.41) is 24.3. The average molecular weight is 561 g/mol. The highest BCUT2D eigenvalue weighted by atomic mass is 16.5. The van der Waals surface area contributed by atoms with Crippen LogP contribution in [0.1, 0.15) is 69.8 Å². The number of carbonyl (C=O) groups is 5. The van der Waals surface area contributed by atoms with E-state index in [2.05, 4.69) is 10.6 Å². The van der Waals surface area contributed by atoms with Crippen LogP contribution in [0.4, 0.5) is 10.5 Å². The fourth-order valence-corrected chi connectivity index (χ4v) is 5.30. The van der Waals surface area contributed by atoms with Crippen LogP contribution in [0.3, 0.4) is 0 Å². The molecule has 2 aliphatic rings. The summed E-state index contributed by atoms with van der Waals surface area (Å²) in [5.41, 5.74) is 6.75. The summed E-state index contributed by atoms with van der Waals surface area (Å²) in [6, 6.07) is 3.31. The van der Waals surface area contributed by atoms with Crippen LogP contribution in [0.15, 0.2) is 24.3 Å². The number of hydrogen-bond donors (Lipinski definition) is 5. The number of amides is 3. The van der Waals surface area contributed by atoms with Gasteiger partial charge in [-0.15, -0.1) is 0 Å². The number of carboxylic acid groups (broad SMARTS) is 2. The van der Waals surface area contributed by atoms with E-state index < -0.39 is 48.0 Å². The number of hydrogen-bond acceptors (Lipinski definition) is 7. The van der Waals surface area contributed by atoms with Crippen molar-refractivity contribution in [3.05, 3.63) is 29.8 Å². The zero-order chi connectivity index (χ0) is 29.1. The van der Waals surface area contributed by atoms with Crippen molar-refractivity contribution in [3.8, 4) is 0 Å². The molecule has 12 nitrogen and oxygen atoms in total. The van der Waals surface area contributed by atoms with E-state index in [1.165, 1.54) is 11.3 Å². The van der Waals surface area contributed by atoms with E-state index in [4.69, 9.17) is 10.5 Å². The lowest BCUT2D eigenvalue weighted by Gasteiger charge is -2.25. The first kappa shape index (κ1) is 30.9. The highest BCUT2D eigenvalue weighted by Crippen LogP contribution is 2.33. The number of para-hydroxylation sites is 1. The number of fused-ring (bicyclic) bond motifs is 1. The minimum Gasteiger partial charge on any atom is -0.480 e. The lowest BCUT2D eigenvalue weighted by molar-refractivity contribution is -0.143. The third-order valence-corrected chi connectivity index (χ3v) is 7.52. The Morgan fingerprint density at radius 3 is 2.38 bits per heavy atom. The van der Waals surface area contributed by atoms with E-state index in [9.17, 15) is 34.2 Å². The van der Waals surface area contributed by atoms with Crippen molar-refractivity contribution in [1.29, 1.82) is 0 Å². The molecule has 1 aliphatic carbocycles. The summed E-state index contributed by atoms with van der Waals surface area (Å²) in [4.78, 5) is 63.5. The predicted molar refractivity (Wildman–Crippen MR) is 146 cm³/mol. The Kier molecular flexibility index (Phi) is 11.7. The minimum absolute atomic E-state index is 0.156. The molecule has 1 fully saturated rings. The van der Waals surface area contributed by atoms with E-state index in [-0.39, 0.29) is 32.3 Å². The van der Waals surface area contributed by atoms with Crippen molar-refractivity contribution in [2.45, 2.75) is 88.8 Å². The minimum atomic E-state index is -1.42. The van der Waals surface area contributed by atoms with Crippen LogP contribution in [-0.4, -0.2) is 71.3 Å². The number of ether oxygens (including phenoxy) is 1. The zero-order valence-corrected chi connectivity index (χ0v) is 22.7. The maximum Gasteiger partial charge on any atom is 0.407 e. The maximum absolute atomic E-state index is 13.1. The normalized spacial score (nSPS) is 18.3. The quantitative estimate of drug-likeness (QED) is 0.212. The van der Waals surface area contributed by atoms with Crippen LogP contribution >= 0.6 is 0 Å². The van der Waals surface area contributed by atoms with Gasteiger partial charge in [-0.2, -0.15) is 0 Å². The Morgan fingerprint density at radius 1 is 0.975 bits per heavy atom. The molecular formula is C28H40N4O8. The molecule has 0 saturated heterocycles. The van der Waals surface area contributed by atoms with Crippen molar-refractivity contribution >= 4 is 35.5 Å². The number of alkyl carbamates (subject to hydrolysis) is 1. The third-order valence-electron chi connectivity index (χ3n) is 7.52. The molecule has 1 saturated carbocycles. The standard InChI is InChI=1S/C28H40N4O8/c29-15-7-6-11-20(31-28(39)40-17-18-8-2-1-3-9-18)25(34)30-21(26(35)36)13-14-24(33)32-22-12-5-4-10-19(22)16-23(32)27(37)38/h4-5,10,12,18,20-21,23H,1-3,6-9,11,13-17,29H2,(H,30,34)(H,31,39)(H,35,36)(H,37,38)/t20-,21+,23-/m0/s1. The summed E-state index contributed by atoms with van der Waals surface area (Å²) in [6.45, 7) is 0.664. The zero-order valence-electron chi connectivity index (χ0n) is 22.7. The van der Waals surface area contributed by atoms with Crippen LogP contribution in [0, 0.1) is 5.92 Å². The molecule has 1 aliphatic heterocycles. The molecule has 3 atom stereocenters. The molecular weight excluding hydrogens is 520 g/mol. The number of carboxylic acids is 2. The van der Waals surface area contributed by atoms with Gasteiger partial charge in [0.25, 0.3) is 0 Å². The first-order valence-electron chi connectivity index (χ1n) is 14.0. The molecule has 6 N–H and O–H groups in total. The number of nitrogens with one attached hydrogen (secondary N) is 2. The van der Waals surface area contributed by atoms with Gasteiger partial charge < -0.3 is 31.3 Å². The predicted octanol–water partition coefficient (Wildman–Crippen LogP) is 2.18. The molecule has 12 heteroatoms. The Hall–Kier alpha value is -3.67. The van der Waals surface area contributed by atoms with Gasteiger partial charge in [0.05, 0.1) is 6.61 Å². The van der Waals surface area contributed by atoms with Gasteiger partial charge >= 0.3 is 18.0 Å². The van der Waals surface area contributed by atoms with Crippen molar-refractivity contribution < 1.29 is 38.9 Å². The number of carbonyl (C=O) groups excluding carboxylic acids is 3. The van der Waals surface area contributed by atoms with E-state index in [0.29, 0.717) is 36.6 Å². The molecule has 1 aromatic rings. The molecule has 0 spiro atoms. The van der Waals surface area contributed by atoms with Gasteiger partial charge in [-0.25, -0.2) is 14.4 Å². The van der Waals surface area contributed by atoms with E-state index >= 15 is 0 Å². The summed E-state index contributed by atoms with van der Waals surface area (Å²) >= 11 is 0. The summed E-state index contributed by atoms with van der Waals surface area (Å²) in [6.07, 6.45) is 5.57. The summed E-state index contributed by atoms with van der Waals surface area (Å²) < 4.78 is 5.35. The van der Waals surface area contributed by atoms with E-state index in [1.54, 1.807) is 24.3 Å². The molecule has 40 heavy (non-hydrogen) atoms. The van der Waals surface area contributed by atoms with Gasteiger partial charge in [0.2, 0.25) is 11.8 Å². The second kappa shape index (κ2) is 15.2. The van der Waals surface area contributed by atoms with Gasteiger partial charge in [-0.1, -0.05) is 37.5 Å². The van der Waals surface area contributed by atoms with Gasteiger partial charge in [-0.3, -0.25) is 14.5 Å². The Bertz CT molecular complexity index is 1060. The summed E-state index contributed by atoms with van der Waals surface area (Å²) in [5.74, 6) is -3.47. The number of aliphatic carboxylic acids is 2. The molecule has 0 unspecified atom stereocenters. The molecule has 3 amide bonds. The third kappa shape index (κ3) is 8.67. The van der Waals surface area contributed by atoms with Crippen LogP contribution in [0.5, 0.6) is 0 Å². The Balaban J connectivity index is 1.59. The van der Waals surface area contributed by atoms with E-state index in [0.717, 1.165) is 25.7 Å². The second-order valence-electron chi connectivity index (χ2n) is 10.5. The lowest BCUT2D eigenvalue weighted by atomic mass is 9.90. The van der Waals surface area contributed by atoms with Crippen LogP contribution in [-0.2, 0) is 30.3 Å². The first-order valence-corrected chi connectivity index (χ1v) is 14.0. The maximum atomic E-state index is 13.1. The summed E-state index contributed by atoms with van der Waals surface area (Å²) in [7, 11) is 0. The van der Waals surface area contributed by atoms with E-state index in [1.807, 2.05) is 0 Å². The number of nitrogens with two attached hydrogens (primary N) is 1. The van der Waals surface area contributed by atoms with Crippen LogP contribution in [0.25, 0.3) is 0 Å². The molecule has 0 radical (unpaired) electrons. The van der Waals surface area contributed by atoms with Gasteiger partial charge in [0.15, 0.2) is 0 Å². The number of nitrogens with zero attached hydrogens (tertiary/aromatic N) is 1. The molecule has 3 rings (SSSR count). The van der Waals surface area contributed by atoms with Gasteiger partial charge in [0.1, 0.15) is 18.1 Å². The smallest absolute Gasteiger partial charge is 0.407 e. The SMILES string of the molecule is NCCCC[C@H](NC(=O)OCC1CCCCC1)C(=O)N[C@H](CCC(=O)N1c2ccccc2C[C@H]1C(=O)O)C(=O)O. The topological polar surface area (TPSA) is 188 Å². The molecule has 1 aromatic carbocycles. The van der Waals surface area contributed by atoms with Gasteiger partial charge in [0, 0.05) is 18.5 Å². The molecule has 0 bridgehead atoms. The number of benzene rings is 1. The highest BCUT2D eigenvalue weighted by molar-refractivity contribution is 6.02. The van der Waals surface area contributed by atoms with Crippen molar-refractivity contribution in [3.63, 3.8) is 0 Å². The lowest BCUT2D eigenvalue weighted by Crippen LogP contribution is -2.52. The van der Waals surface area contributed by atoms with Crippen LogP contribution < -0.4 is 21.3 Å². The number of rotatable bonds is 14. The average Bonchev–Trinajstić information content (AvgIpc) is 3.34.